The normalized spacial score (nSPS) is 14.0. The minimum absolute atomic E-state index is 0.0181. The van der Waals surface area contributed by atoms with Gasteiger partial charge in [0.2, 0.25) is 0 Å². The van der Waals surface area contributed by atoms with E-state index in [1.807, 2.05) is 6.07 Å². The van der Waals surface area contributed by atoms with Gasteiger partial charge < -0.3 is 5.11 Å². The molecule has 0 bridgehead atoms. The van der Waals surface area contributed by atoms with Crippen molar-refractivity contribution in [3.63, 3.8) is 0 Å². The number of rotatable bonds is 3. The third-order valence-electron chi connectivity index (χ3n) is 4.74. The maximum absolute atomic E-state index is 11.2. The number of hydrogen-bond donors (Lipinski definition) is 1. The molecule has 2 heteroatoms. The molecule has 2 aromatic carbocycles. The third-order valence-corrected chi connectivity index (χ3v) is 4.74. The Morgan fingerprint density at radius 3 is 1.84 bits per heavy atom. The quantitative estimate of drug-likeness (QED) is 0.782. The molecular formula is C23H33NO. The number of benzene rings is 2. The highest BCUT2D eigenvalue weighted by atomic mass is 16.3. The summed E-state index contributed by atoms with van der Waals surface area (Å²) in [5.41, 5.74) is 4.34. The topological polar surface area (TPSA) is 23.5 Å². The van der Waals surface area contributed by atoms with Crippen LogP contribution in [0.4, 0.5) is 0 Å². The van der Waals surface area contributed by atoms with E-state index in [0.29, 0.717) is 5.75 Å². The second-order valence-electron chi connectivity index (χ2n) is 9.24. The summed E-state index contributed by atoms with van der Waals surface area (Å²) in [6, 6.07) is 14.8. The Bertz CT molecular complexity index is 718. The van der Waals surface area contributed by atoms with E-state index in [0.717, 1.165) is 11.1 Å². The van der Waals surface area contributed by atoms with Crippen molar-refractivity contribution in [3.8, 4) is 5.75 Å². The van der Waals surface area contributed by atoms with E-state index in [-0.39, 0.29) is 16.9 Å². The summed E-state index contributed by atoms with van der Waals surface area (Å²) < 4.78 is 0. The van der Waals surface area contributed by atoms with Crippen LogP contribution in [0.15, 0.2) is 42.5 Å². The van der Waals surface area contributed by atoms with E-state index in [2.05, 4.69) is 96.9 Å². The summed E-state index contributed by atoms with van der Waals surface area (Å²) >= 11 is 0. The summed E-state index contributed by atoms with van der Waals surface area (Å²) in [7, 11) is 4.13. The monoisotopic (exact) mass is 339 g/mol. The average Bonchev–Trinajstić information content (AvgIpc) is 2.47. The van der Waals surface area contributed by atoms with Crippen LogP contribution in [-0.2, 0) is 10.8 Å². The van der Waals surface area contributed by atoms with Crippen molar-refractivity contribution < 1.29 is 5.11 Å². The van der Waals surface area contributed by atoms with Crippen LogP contribution in [0.2, 0.25) is 0 Å². The molecule has 0 spiro atoms. The molecule has 2 rings (SSSR count). The van der Waals surface area contributed by atoms with Crippen molar-refractivity contribution in [2.75, 3.05) is 14.1 Å². The van der Waals surface area contributed by atoms with Crippen LogP contribution in [0.25, 0.3) is 0 Å². The summed E-state index contributed by atoms with van der Waals surface area (Å²) in [5.74, 6) is 0.419. The van der Waals surface area contributed by atoms with Crippen LogP contribution in [0.1, 0.15) is 69.8 Å². The Balaban J connectivity index is 2.78. The fourth-order valence-electron chi connectivity index (χ4n) is 3.26. The second-order valence-corrected chi connectivity index (χ2v) is 9.24. The zero-order valence-electron chi connectivity index (χ0n) is 17.0. The molecule has 25 heavy (non-hydrogen) atoms. The van der Waals surface area contributed by atoms with Crippen molar-refractivity contribution in [2.45, 2.75) is 58.4 Å². The molecule has 0 aliphatic carbocycles. The lowest BCUT2D eigenvalue weighted by atomic mass is 9.77. The van der Waals surface area contributed by atoms with Crippen LogP contribution in [0, 0.1) is 0 Å². The van der Waals surface area contributed by atoms with Crippen LogP contribution in [-0.4, -0.2) is 24.1 Å². The summed E-state index contributed by atoms with van der Waals surface area (Å²) in [5, 5.41) is 11.2. The number of phenolic OH excluding ortho intramolecular Hbond substituents is 1. The average molecular weight is 340 g/mol. The minimum Gasteiger partial charge on any atom is -0.507 e. The predicted octanol–water partition coefficient (Wildman–Crippen LogP) is 5.64. The molecule has 0 saturated carbocycles. The van der Waals surface area contributed by atoms with Gasteiger partial charge in [-0.15, -0.1) is 0 Å². The molecule has 0 heterocycles. The standard InChI is InChI=1S/C23H33NO/c1-22(2,3)17-14-18(21(25)19(15-17)23(4,5)6)20(24(7)8)16-12-10-9-11-13-16/h9-15,20,25H,1-8H3. The highest BCUT2D eigenvalue weighted by molar-refractivity contribution is 5.52. The molecule has 0 radical (unpaired) electrons. The van der Waals surface area contributed by atoms with Gasteiger partial charge in [0.05, 0.1) is 6.04 Å². The lowest BCUT2D eigenvalue weighted by Gasteiger charge is -2.32. The first-order chi connectivity index (χ1) is 11.4. The number of aromatic hydroxyl groups is 1. The van der Waals surface area contributed by atoms with Crippen molar-refractivity contribution in [1.82, 2.24) is 4.90 Å². The molecule has 0 aromatic heterocycles. The second kappa shape index (κ2) is 6.84. The molecule has 0 saturated heterocycles. The third kappa shape index (κ3) is 4.24. The Morgan fingerprint density at radius 1 is 0.840 bits per heavy atom. The zero-order valence-corrected chi connectivity index (χ0v) is 17.0. The van der Waals surface area contributed by atoms with Gasteiger partial charge in [-0.25, -0.2) is 0 Å². The highest BCUT2D eigenvalue weighted by Crippen LogP contribution is 2.42. The molecule has 0 fully saturated rings. The lowest BCUT2D eigenvalue weighted by molar-refractivity contribution is 0.328. The Labute approximate surface area is 153 Å². The van der Waals surface area contributed by atoms with Gasteiger partial charge in [-0.1, -0.05) is 77.9 Å². The van der Waals surface area contributed by atoms with Crippen LogP contribution in [0.5, 0.6) is 5.75 Å². The van der Waals surface area contributed by atoms with Gasteiger partial charge >= 0.3 is 0 Å². The molecule has 1 N–H and O–H groups in total. The van der Waals surface area contributed by atoms with Crippen molar-refractivity contribution in [2.24, 2.45) is 0 Å². The van der Waals surface area contributed by atoms with Gasteiger partial charge in [0.15, 0.2) is 0 Å². The van der Waals surface area contributed by atoms with Gasteiger partial charge in [-0.05, 0) is 47.7 Å². The van der Waals surface area contributed by atoms with Crippen molar-refractivity contribution >= 4 is 0 Å². The van der Waals surface area contributed by atoms with Crippen LogP contribution >= 0.6 is 0 Å². The molecule has 0 amide bonds. The van der Waals surface area contributed by atoms with E-state index >= 15 is 0 Å². The number of nitrogens with zero attached hydrogens (tertiary/aromatic N) is 1. The molecule has 2 aromatic rings. The van der Waals surface area contributed by atoms with Crippen molar-refractivity contribution in [3.05, 3.63) is 64.7 Å². The molecule has 136 valence electrons. The highest BCUT2D eigenvalue weighted by Gasteiger charge is 2.29. The molecular weight excluding hydrogens is 306 g/mol. The molecule has 1 unspecified atom stereocenters. The molecule has 0 aliphatic rings. The fraction of sp³-hybridized carbons (Fsp3) is 0.478. The summed E-state index contributed by atoms with van der Waals surface area (Å²) in [6.45, 7) is 13.1. The van der Waals surface area contributed by atoms with E-state index in [4.69, 9.17) is 0 Å². The van der Waals surface area contributed by atoms with Gasteiger partial charge in [0, 0.05) is 5.56 Å². The maximum Gasteiger partial charge on any atom is 0.124 e. The fourth-order valence-corrected chi connectivity index (χ4v) is 3.26. The van der Waals surface area contributed by atoms with E-state index in [1.165, 1.54) is 11.1 Å². The lowest BCUT2D eigenvalue weighted by Crippen LogP contribution is -2.24. The Kier molecular flexibility index (Phi) is 5.34. The predicted molar refractivity (Wildman–Crippen MR) is 107 cm³/mol. The number of phenols is 1. The van der Waals surface area contributed by atoms with Crippen LogP contribution in [0.3, 0.4) is 0 Å². The van der Waals surface area contributed by atoms with Gasteiger partial charge in [0.25, 0.3) is 0 Å². The summed E-state index contributed by atoms with van der Waals surface area (Å²) in [4.78, 5) is 2.17. The Morgan fingerprint density at radius 2 is 1.40 bits per heavy atom. The molecule has 1 atom stereocenters. The van der Waals surface area contributed by atoms with Crippen molar-refractivity contribution in [1.29, 1.82) is 0 Å². The smallest absolute Gasteiger partial charge is 0.124 e. The van der Waals surface area contributed by atoms with Gasteiger partial charge in [0.1, 0.15) is 5.75 Å². The minimum atomic E-state index is -0.117. The zero-order chi connectivity index (χ0) is 19.0. The summed E-state index contributed by atoms with van der Waals surface area (Å²) in [6.07, 6.45) is 0. The SMILES string of the molecule is CN(C)C(c1ccccc1)c1cc(C(C)(C)C)cc(C(C)(C)C)c1O. The molecule has 2 nitrogen and oxygen atoms in total. The van der Waals surface area contributed by atoms with E-state index < -0.39 is 0 Å². The first-order valence-corrected chi connectivity index (χ1v) is 9.02. The van der Waals surface area contributed by atoms with Gasteiger partial charge in [-0.3, -0.25) is 4.90 Å². The van der Waals surface area contributed by atoms with Gasteiger partial charge in [-0.2, -0.15) is 0 Å². The van der Waals surface area contributed by atoms with E-state index in [9.17, 15) is 5.11 Å². The first kappa shape index (κ1) is 19.5. The van der Waals surface area contributed by atoms with E-state index in [1.54, 1.807) is 0 Å². The largest absolute Gasteiger partial charge is 0.507 e. The first-order valence-electron chi connectivity index (χ1n) is 9.02. The number of hydrogen-bond acceptors (Lipinski definition) is 2. The maximum atomic E-state index is 11.2. The molecule has 0 aliphatic heterocycles. The van der Waals surface area contributed by atoms with Crippen LogP contribution < -0.4 is 0 Å². The Hall–Kier alpha value is -1.80.